The highest BCUT2D eigenvalue weighted by Crippen LogP contribution is 2.30. The third-order valence-corrected chi connectivity index (χ3v) is 3.22. The van der Waals surface area contributed by atoms with E-state index in [1.54, 1.807) is 12.5 Å². The fourth-order valence-corrected chi connectivity index (χ4v) is 2.36. The number of anilines is 1. The SMILES string of the molecule is N[C@@H]1CCN(c2ncnc3[nH]cc(Cl)c23)C1. The Labute approximate surface area is 97.6 Å². The van der Waals surface area contributed by atoms with Crippen molar-refractivity contribution in [3.8, 4) is 0 Å². The van der Waals surface area contributed by atoms with E-state index in [0.717, 1.165) is 36.4 Å². The highest BCUT2D eigenvalue weighted by atomic mass is 35.5. The van der Waals surface area contributed by atoms with Gasteiger partial charge in [-0.2, -0.15) is 0 Å². The second kappa shape index (κ2) is 3.61. The number of nitrogens with two attached hydrogens (primary N) is 1. The molecule has 5 nitrogen and oxygen atoms in total. The summed E-state index contributed by atoms with van der Waals surface area (Å²) in [7, 11) is 0. The summed E-state index contributed by atoms with van der Waals surface area (Å²) >= 11 is 6.12. The Morgan fingerprint density at radius 1 is 1.50 bits per heavy atom. The molecule has 1 aliphatic rings. The van der Waals surface area contributed by atoms with Gasteiger partial charge in [-0.1, -0.05) is 11.6 Å². The van der Waals surface area contributed by atoms with E-state index in [1.165, 1.54) is 0 Å². The second-order valence-corrected chi connectivity index (χ2v) is 4.46. The molecule has 0 saturated carbocycles. The third kappa shape index (κ3) is 1.44. The molecule has 0 amide bonds. The van der Waals surface area contributed by atoms with Gasteiger partial charge in [-0.3, -0.25) is 0 Å². The van der Waals surface area contributed by atoms with Crippen molar-refractivity contribution < 1.29 is 0 Å². The summed E-state index contributed by atoms with van der Waals surface area (Å²) in [6, 6.07) is 0.225. The van der Waals surface area contributed by atoms with Gasteiger partial charge < -0.3 is 15.6 Å². The second-order valence-electron chi connectivity index (χ2n) is 4.05. The topological polar surface area (TPSA) is 70.8 Å². The van der Waals surface area contributed by atoms with Crippen LogP contribution in [0.1, 0.15) is 6.42 Å². The number of aromatic nitrogens is 3. The lowest BCUT2D eigenvalue weighted by atomic mass is 10.3. The van der Waals surface area contributed by atoms with E-state index in [-0.39, 0.29) is 6.04 Å². The summed E-state index contributed by atoms with van der Waals surface area (Å²) in [5.41, 5.74) is 6.67. The maximum Gasteiger partial charge on any atom is 0.144 e. The van der Waals surface area contributed by atoms with Crippen molar-refractivity contribution in [3.05, 3.63) is 17.5 Å². The van der Waals surface area contributed by atoms with Gasteiger partial charge in [0.15, 0.2) is 0 Å². The first-order valence-corrected chi connectivity index (χ1v) is 5.61. The van der Waals surface area contributed by atoms with E-state index in [2.05, 4.69) is 19.9 Å². The molecular weight excluding hydrogens is 226 g/mol. The number of fused-ring (bicyclic) bond motifs is 1. The number of hydrogen-bond acceptors (Lipinski definition) is 4. The predicted molar refractivity (Wildman–Crippen MR) is 63.7 cm³/mol. The summed E-state index contributed by atoms with van der Waals surface area (Å²) in [6.45, 7) is 1.75. The number of H-pyrrole nitrogens is 1. The Kier molecular flexibility index (Phi) is 2.22. The van der Waals surface area contributed by atoms with Gasteiger partial charge in [-0.15, -0.1) is 0 Å². The fraction of sp³-hybridized carbons (Fsp3) is 0.400. The molecule has 0 radical (unpaired) electrons. The van der Waals surface area contributed by atoms with Gasteiger partial charge in [-0.25, -0.2) is 9.97 Å². The van der Waals surface area contributed by atoms with Crippen LogP contribution in [-0.2, 0) is 0 Å². The Hall–Kier alpha value is -1.33. The molecule has 1 atom stereocenters. The van der Waals surface area contributed by atoms with E-state index in [9.17, 15) is 0 Å². The quantitative estimate of drug-likeness (QED) is 0.781. The summed E-state index contributed by atoms with van der Waals surface area (Å²) in [5.74, 6) is 0.879. The molecule has 3 rings (SSSR count). The van der Waals surface area contributed by atoms with E-state index in [4.69, 9.17) is 17.3 Å². The van der Waals surface area contributed by atoms with Gasteiger partial charge in [0.25, 0.3) is 0 Å². The summed E-state index contributed by atoms with van der Waals surface area (Å²) in [5, 5.41) is 1.55. The number of halogens is 1. The number of aromatic amines is 1. The van der Waals surface area contributed by atoms with Gasteiger partial charge in [0.2, 0.25) is 0 Å². The molecule has 1 fully saturated rings. The maximum atomic E-state index is 6.12. The minimum absolute atomic E-state index is 0.225. The van der Waals surface area contributed by atoms with Crippen LogP contribution in [0.2, 0.25) is 5.02 Å². The zero-order chi connectivity index (χ0) is 11.1. The molecule has 84 valence electrons. The third-order valence-electron chi connectivity index (χ3n) is 2.93. The predicted octanol–water partition coefficient (Wildman–Crippen LogP) is 1.15. The first-order chi connectivity index (χ1) is 7.75. The molecule has 0 bridgehead atoms. The smallest absolute Gasteiger partial charge is 0.144 e. The fourth-order valence-electron chi connectivity index (χ4n) is 2.13. The average Bonchev–Trinajstić information content (AvgIpc) is 2.86. The molecule has 2 aromatic heterocycles. The monoisotopic (exact) mass is 237 g/mol. The van der Waals surface area contributed by atoms with Crippen molar-refractivity contribution in [2.24, 2.45) is 5.73 Å². The van der Waals surface area contributed by atoms with Crippen LogP contribution < -0.4 is 10.6 Å². The Balaban J connectivity index is 2.12. The maximum absolute atomic E-state index is 6.12. The Morgan fingerprint density at radius 3 is 3.12 bits per heavy atom. The molecule has 2 aromatic rings. The minimum atomic E-state index is 0.225. The lowest BCUT2D eigenvalue weighted by Gasteiger charge is -2.17. The molecule has 3 heterocycles. The zero-order valence-electron chi connectivity index (χ0n) is 8.65. The number of nitrogens with zero attached hydrogens (tertiary/aromatic N) is 3. The molecular formula is C10H12ClN5. The van der Waals surface area contributed by atoms with E-state index >= 15 is 0 Å². The van der Waals surface area contributed by atoms with E-state index in [1.807, 2.05) is 0 Å². The van der Waals surface area contributed by atoms with Gasteiger partial charge >= 0.3 is 0 Å². The molecule has 0 unspecified atom stereocenters. The average molecular weight is 238 g/mol. The van der Waals surface area contributed by atoms with Crippen molar-refractivity contribution in [1.82, 2.24) is 15.0 Å². The van der Waals surface area contributed by atoms with Crippen LogP contribution >= 0.6 is 11.6 Å². The molecule has 6 heteroatoms. The normalized spacial score (nSPS) is 20.9. The molecule has 0 aliphatic carbocycles. The van der Waals surface area contributed by atoms with Crippen LogP contribution in [-0.4, -0.2) is 34.1 Å². The summed E-state index contributed by atoms with van der Waals surface area (Å²) in [4.78, 5) is 13.6. The van der Waals surface area contributed by atoms with Crippen molar-refractivity contribution in [2.75, 3.05) is 18.0 Å². The van der Waals surface area contributed by atoms with Gasteiger partial charge in [0, 0.05) is 25.3 Å². The number of nitrogens with one attached hydrogen (secondary N) is 1. The Bertz CT molecular complexity index is 523. The lowest BCUT2D eigenvalue weighted by Crippen LogP contribution is -2.27. The largest absolute Gasteiger partial charge is 0.354 e. The van der Waals surface area contributed by atoms with Crippen LogP contribution in [0, 0.1) is 0 Å². The first kappa shape index (κ1) is 9.86. The van der Waals surface area contributed by atoms with Crippen LogP contribution in [0.3, 0.4) is 0 Å². The van der Waals surface area contributed by atoms with Crippen LogP contribution in [0.5, 0.6) is 0 Å². The molecule has 3 N–H and O–H groups in total. The minimum Gasteiger partial charge on any atom is -0.354 e. The standard InChI is InChI=1S/C10H12ClN5/c11-7-3-13-9-8(7)10(15-5-14-9)16-2-1-6(12)4-16/h3,5-6H,1-2,4,12H2,(H,13,14,15)/t6-/m1/s1. The molecule has 1 saturated heterocycles. The zero-order valence-corrected chi connectivity index (χ0v) is 9.41. The van der Waals surface area contributed by atoms with Crippen LogP contribution in [0.4, 0.5) is 5.82 Å². The first-order valence-electron chi connectivity index (χ1n) is 5.24. The molecule has 0 spiro atoms. The highest BCUT2D eigenvalue weighted by molar-refractivity contribution is 6.36. The van der Waals surface area contributed by atoms with E-state index < -0.39 is 0 Å². The highest BCUT2D eigenvalue weighted by Gasteiger charge is 2.23. The van der Waals surface area contributed by atoms with Crippen molar-refractivity contribution in [1.29, 1.82) is 0 Å². The molecule has 16 heavy (non-hydrogen) atoms. The van der Waals surface area contributed by atoms with Gasteiger partial charge in [-0.05, 0) is 6.42 Å². The van der Waals surface area contributed by atoms with Crippen LogP contribution in [0.25, 0.3) is 11.0 Å². The summed E-state index contributed by atoms with van der Waals surface area (Å²) < 4.78 is 0. The van der Waals surface area contributed by atoms with Crippen molar-refractivity contribution in [3.63, 3.8) is 0 Å². The molecule has 1 aliphatic heterocycles. The number of hydrogen-bond donors (Lipinski definition) is 2. The summed E-state index contributed by atoms with van der Waals surface area (Å²) in [6.07, 6.45) is 4.28. The molecule has 0 aromatic carbocycles. The van der Waals surface area contributed by atoms with Gasteiger partial charge in [0.1, 0.15) is 17.8 Å². The van der Waals surface area contributed by atoms with E-state index in [0.29, 0.717) is 5.02 Å². The lowest BCUT2D eigenvalue weighted by molar-refractivity contribution is 0.751. The van der Waals surface area contributed by atoms with Crippen molar-refractivity contribution >= 4 is 28.5 Å². The number of rotatable bonds is 1. The van der Waals surface area contributed by atoms with Gasteiger partial charge in [0.05, 0.1) is 10.4 Å². The van der Waals surface area contributed by atoms with Crippen LogP contribution in [0.15, 0.2) is 12.5 Å². The van der Waals surface area contributed by atoms with Crippen molar-refractivity contribution in [2.45, 2.75) is 12.5 Å². The Morgan fingerprint density at radius 2 is 2.38 bits per heavy atom.